The smallest absolute Gasteiger partial charge is 0.258 e. The van der Waals surface area contributed by atoms with Crippen molar-refractivity contribution in [3.63, 3.8) is 0 Å². The van der Waals surface area contributed by atoms with Gasteiger partial charge < -0.3 is 15.1 Å². The van der Waals surface area contributed by atoms with Crippen LogP contribution in [0.3, 0.4) is 0 Å². The van der Waals surface area contributed by atoms with Crippen molar-refractivity contribution in [2.45, 2.75) is 0 Å². The summed E-state index contributed by atoms with van der Waals surface area (Å²) in [5.41, 5.74) is 2.15. The highest BCUT2D eigenvalue weighted by molar-refractivity contribution is 6.03. The molecule has 1 N–H and O–H groups in total. The minimum Gasteiger partial charge on any atom is -0.368 e. The van der Waals surface area contributed by atoms with Crippen LogP contribution >= 0.6 is 0 Å². The van der Waals surface area contributed by atoms with Gasteiger partial charge in [0.2, 0.25) is 5.95 Å². The summed E-state index contributed by atoms with van der Waals surface area (Å²) in [5, 5.41) is 2.82. The van der Waals surface area contributed by atoms with E-state index in [9.17, 15) is 9.18 Å². The summed E-state index contributed by atoms with van der Waals surface area (Å²) in [6.07, 6.45) is 3.10. The Morgan fingerprint density at radius 2 is 1.46 bits per heavy atom. The Bertz CT molecular complexity index is 923. The number of hydrogen-bond acceptors (Lipinski definition) is 5. The number of aromatic nitrogens is 2. The van der Waals surface area contributed by atoms with Crippen LogP contribution in [0.2, 0.25) is 0 Å². The van der Waals surface area contributed by atoms with Crippen molar-refractivity contribution in [3.05, 3.63) is 78.4 Å². The summed E-state index contributed by atoms with van der Waals surface area (Å²) in [6.45, 7) is 3.11. The highest BCUT2D eigenvalue weighted by Gasteiger charge is 2.19. The lowest BCUT2D eigenvalue weighted by molar-refractivity contribution is 0.102. The topological polar surface area (TPSA) is 61.4 Å². The van der Waals surface area contributed by atoms with Crippen LogP contribution in [0.5, 0.6) is 0 Å². The van der Waals surface area contributed by atoms with Crippen LogP contribution in [0.15, 0.2) is 67.0 Å². The van der Waals surface area contributed by atoms with Crippen molar-refractivity contribution < 1.29 is 9.18 Å². The number of anilines is 3. The normalized spacial score (nSPS) is 14.0. The molecular weight excluding hydrogens is 357 g/mol. The van der Waals surface area contributed by atoms with Crippen LogP contribution in [0.25, 0.3) is 0 Å². The fourth-order valence-electron chi connectivity index (χ4n) is 3.14. The second-order valence-corrected chi connectivity index (χ2v) is 6.54. The molecule has 1 aromatic heterocycles. The number of nitrogens with one attached hydrogen (secondary N) is 1. The predicted octanol–water partition coefficient (Wildman–Crippen LogP) is 3.19. The monoisotopic (exact) mass is 377 g/mol. The van der Waals surface area contributed by atoms with Crippen molar-refractivity contribution in [1.82, 2.24) is 9.97 Å². The highest BCUT2D eigenvalue weighted by Crippen LogP contribution is 2.19. The summed E-state index contributed by atoms with van der Waals surface area (Å²) in [5.74, 6) is 0.140. The van der Waals surface area contributed by atoms with Gasteiger partial charge in [-0.1, -0.05) is 18.2 Å². The van der Waals surface area contributed by atoms with E-state index in [1.807, 2.05) is 30.3 Å². The van der Waals surface area contributed by atoms with Crippen molar-refractivity contribution >= 4 is 23.2 Å². The molecule has 28 heavy (non-hydrogen) atoms. The first-order valence-electron chi connectivity index (χ1n) is 9.13. The second-order valence-electron chi connectivity index (χ2n) is 6.54. The molecule has 1 fully saturated rings. The van der Waals surface area contributed by atoms with Gasteiger partial charge in [0.25, 0.3) is 5.91 Å². The van der Waals surface area contributed by atoms with Crippen molar-refractivity contribution in [1.29, 1.82) is 0 Å². The summed E-state index contributed by atoms with van der Waals surface area (Å²) in [6, 6.07) is 15.8. The third-order valence-electron chi connectivity index (χ3n) is 4.69. The number of piperazine rings is 1. The van der Waals surface area contributed by atoms with E-state index in [1.54, 1.807) is 24.5 Å². The maximum Gasteiger partial charge on any atom is 0.258 e. The van der Waals surface area contributed by atoms with Gasteiger partial charge in [-0.05, 0) is 36.4 Å². The first kappa shape index (κ1) is 17.9. The van der Waals surface area contributed by atoms with Crippen LogP contribution in [-0.2, 0) is 0 Å². The van der Waals surface area contributed by atoms with Crippen molar-refractivity contribution in [2.75, 3.05) is 41.3 Å². The molecule has 1 saturated heterocycles. The van der Waals surface area contributed by atoms with E-state index in [4.69, 9.17) is 0 Å². The van der Waals surface area contributed by atoms with E-state index in [-0.39, 0.29) is 11.7 Å². The lowest BCUT2D eigenvalue weighted by atomic mass is 10.2. The third kappa shape index (κ3) is 4.09. The highest BCUT2D eigenvalue weighted by atomic mass is 19.1. The van der Waals surface area contributed by atoms with Gasteiger partial charge in [0.15, 0.2) is 0 Å². The van der Waals surface area contributed by atoms with Crippen molar-refractivity contribution in [3.8, 4) is 0 Å². The molecule has 0 atom stereocenters. The number of benzene rings is 2. The van der Waals surface area contributed by atoms with Gasteiger partial charge in [-0.15, -0.1) is 0 Å². The molecule has 1 amide bonds. The van der Waals surface area contributed by atoms with Gasteiger partial charge in [-0.3, -0.25) is 4.79 Å². The Balaban J connectivity index is 1.35. The quantitative estimate of drug-likeness (QED) is 0.757. The van der Waals surface area contributed by atoms with E-state index in [0.29, 0.717) is 11.5 Å². The number of halogens is 1. The first-order chi connectivity index (χ1) is 13.7. The summed E-state index contributed by atoms with van der Waals surface area (Å²) < 4.78 is 13.1. The number of carbonyl (C=O) groups excluding carboxylic acids is 1. The molecule has 0 saturated carbocycles. The molecule has 0 aliphatic carbocycles. The Kier molecular flexibility index (Phi) is 5.14. The maximum atomic E-state index is 13.1. The number of para-hydroxylation sites is 1. The first-order valence-corrected chi connectivity index (χ1v) is 9.13. The molecule has 4 rings (SSSR count). The average Bonchev–Trinajstić information content (AvgIpc) is 2.75. The Labute approximate surface area is 162 Å². The molecule has 2 aromatic carbocycles. The average molecular weight is 377 g/mol. The molecule has 3 aromatic rings. The fraction of sp³-hybridized carbons (Fsp3) is 0.190. The standard InChI is InChI=1S/C21H20FN5O/c22-17-6-8-19(9-7-17)26-10-12-27(13-11-26)21-23-14-16(15-24-21)20(28)25-18-4-2-1-3-5-18/h1-9,14-15H,10-13H2,(H,25,28). The van der Waals surface area contributed by atoms with Crippen LogP contribution < -0.4 is 15.1 Å². The lowest BCUT2D eigenvalue weighted by Crippen LogP contribution is -2.47. The molecule has 0 unspecified atom stereocenters. The molecule has 7 heteroatoms. The molecular formula is C21H20FN5O. The molecule has 6 nitrogen and oxygen atoms in total. The molecule has 0 bridgehead atoms. The molecule has 142 valence electrons. The molecule has 0 radical (unpaired) electrons. The number of rotatable bonds is 4. The van der Waals surface area contributed by atoms with E-state index < -0.39 is 0 Å². The van der Waals surface area contributed by atoms with Gasteiger partial charge in [0.05, 0.1) is 5.56 Å². The SMILES string of the molecule is O=C(Nc1ccccc1)c1cnc(N2CCN(c3ccc(F)cc3)CC2)nc1. The maximum absolute atomic E-state index is 13.1. The van der Waals surface area contributed by atoms with Crippen LogP contribution in [0.1, 0.15) is 10.4 Å². The van der Waals surface area contributed by atoms with E-state index in [2.05, 4.69) is 25.1 Å². The zero-order valence-electron chi connectivity index (χ0n) is 15.3. The minimum atomic E-state index is -0.237. The summed E-state index contributed by atoms with van der Waals surface area (Å²) >= 11 is 0. The van der Waals surface area contributed by atoms with Gasteiger partial charge in [0.1, 0.15) is 5.82 Å². The Morgan fingerprint density at radius 3 is 2.11 bits per heavy atom. The largest absolute Gasteiger partial charge is 0.368 e. The molecule has 2 heterocycles. The van der Waals surface area contributed by atoms with Gasteiger partial charge in [-0.2, -0.15) is 0 Å². The van der Waals surface area contributed by atoms with Crippen molar-refractivity contribution in [2.24, 2.45) is 0 Å². The molecule has 1 aliphatic heterocycles. The van der Waals surface area contributed by atoms with Crippen LogP contribution in [0, 0.1) is 5.82 Å². The van der Waals surface area contributed by atoms with Crippen LogP contribution in [-0.4, -0.2) is 42.1 Å². The van der Waals surface area contributed by atoms with E-state index in [0.717, 1.165) is 37.6 Å². The zero-order chi connectivity index (χ0) is 19.3. The lowest BCUT2D eigenvalue weighted by Gasteiger charge is -2.36. The summed E-state index contributed by atoms with van der Waals surface area (Å²) in [7, 11) is 0. The number of nitrogens with zero attached hydrogens (tertiary/aromatic N) is 4. The van der Waals surface area contributed by atoms with Gasteiger partial charge >= 0.3 is 0 Å². The Morgan fingerprint density at radius 1 is 0.857 bits per heavy atom. The van der Waals surface area contributed by atoms with E-state index >= 15 is 0 Å². The minimum absolute atomic E-state index is 0.229. The second kappa shape index (κ2) is 8.04. The summed E-state index contributed by atoms with van der Waals surface area (Å²) in [4.78, 5) is 25.3. The molecule has 0 spiro atoms. The zero-order valence-corrected chi connectivity index (χ0v) is 15.3. The fourth-order valence-corrected chi connectivity index (χ4v) is 3.14. The molecule has 1 aliphatic rings. The third-order valence-corrected chi connectivity index (χ3v) is 4.69. The number of carbonyl (C=O) groups is 1. The number of amides is 1. The Hall–Kier alpha value is -3.48. The van der Waals surface area contributed by atoms with Gasteiger partial charge in [0, 0.05) is 49.9 Å². The van der Waals surface area contributed by atoms with Gasteiger partial charge in [-0.25, -0.2) is 14.4 Å². The number of hydrogen-bond donors (Lipinski definition) is 1. The predicted molar refractivity (Wildman–Crippen MR) is 107 cm³/mol. The van der Waals surface area contributed by atoms with E-state index in [1.165, 1.54) is 12.1 Å². The van der Waals surface area contributed by atoms with Crippen LogP contribution in [0.4, 0.5) is 21.7 Å².